The van der Waals surface area contributed by atoms with E-state index in [0.717, 1.165) is 18.3 Å². The van der Waals surface area contributed by atoms with E-state index in [1.54, 1.807) is 0 Å². The highest BCUT2D eigenvalue weighted by atomic mass is 32.1. The Bertz CT molecular complexity index is 108. The van der Waals surface area contributed by atoms with Crippen molar-refractivity contribution in [2.75, 3.05) is 32.6 Å². The van der Waals surface area contributed by atoms with Gasteiger partial charge in [0.1, 0.15) is 0 Å². The van der Waals surface area contributed by atoms with Gasteiger partial charge >= 0.3 is 0 Å². The molecule has 0 amide bonds. The summed E-state index contributed by atoms with van der Waals surface area (Å²) >= 11 is 4.09. The molecule has 1 heterocycles. The molecule has 11 heavy (non-hydrogen) atoms. The van der Waals surface area contributed by atoms with Crippen LogP contribution in [0.3, 0.4) is 0 Å². The van der Waals surface area contributed by atoms with E-state index in [2.05, 4.69) is 29.9 Å². The van der Waals surface area contributed by atoms with Crippen LogP contribution in [0.5, 0.6) is 0 Å². The molecule has 1 saturated heterocycles. The van der Waals surface area contributed by atoms with E-state index in [9.17, 15) is 0 Å². The van der Waals surface area contributed by atoms with E-state index < -0.39 is 0 Å². The quantitative estimate of drug-likeness (QED) is 0.372. The first kappa shape index (κ1) is 9.36. The molecule has 0 radical (unpaired) electrons. The summed E-state index contributed by atoms with van der Waals surface area (Å²) in [6, 6.07) is 0. The molecule has 3 heteroatoms. The van der Waals surface area contributed by atoms with E-state index in [4.69, 9.17) is 0 Å². The first-order chi connectivity index (χ1) is 5.33. The summed E-state index contributed by atoms with van der Waals surface area (Å²) in [5.74, 6) is 1.73. The van der Waals surface area contributed by atoms with Gasteiger partial charge in [0.2, 0.25) is 0 Å². The predicted octanol–water partition coefficient (Wildman–Crippen LogP) is 0.805. The minimum atomic E-state index is 0.808. The number of nitrogens with one attached hydrogen (secondary N) is 1. The Morgan fingerprint density at radius 1 is 1.64 bits per heavy atom. The van der Waals surface area contributed by atoms with Gasteiger partial charge in [-0.05, 0) is 38.9 Å². The maximum atomic E-state index is 4.09. The summed E-state index contributed by atoms with van der Waals surface area (Å²) in [6.45, 7) is 3.70. The lowest BCUT2D eigenvalue weighted by Crippen LogP contribution is -2.19. The van der Waals surface area contributed by atoms with Gasteiger partial charge < -0.3 is 10.2 Å². The van der Waals surface area contributed by atoms with E-state index >= 15 is 0 Å². The predicted molar refractivity (Wildman–Crippen MR) is 52.1 cm³/mol. The fourth-order valence-electron chi connectivity index (χ4n) is 1.65. The molecule has 1 aliphatic heterocycles. The van der Waals surface area contributed by atoms with E-state index in [1.165, 1.54) is 25.9 Å². The highest BCUT2D eigenvalue weighted by molar-refractivity contribution is 7.80. The summed E-state index contributed by atoms with van der Waals surface area (Å²) < 4.78 is 0. The van der Waals surface area contributed by atoms with Gasteiger partial charge in [-0.25, -0.2) is 0 Å². The van der Waals surface area contributed by atoms with Crippen molar-refractivity contribution in [3.63, 3.8) is 0 Å². The highest BCUT2D eigenvalue weighted by Crippen LogP contribution is 2.16. The van der Waals surface area contributed by atoms with Gasteiger partial charge in [-0.15, -0.1) is 0 Å². The van der Waals surface area contributed by atoms with Crippen LogP contribution >= 0.6 is 12.6 Å². The van der Waals surface area contributed by atoms with Crippen LogP contribution in [0.4, 0.5) is 0 Å². The molecule has 0 aromatic heterocycles. The molecule has 66 valence electrons. The van der Waals surface area contributed by atoms with Gasteiger partial charge in [0.15, 0.2) is 0 Å². The smallest absolute Gasteiger partial charge is 0.0387 e. The van der Waals surface area contributed by atoms with Crippen LogP contribution in [0, 0.1) is 5.92 Å². The summed E-state index contributed by atoms with van der Waals surface area (Å²) in [6.07, 6.45) is 2.69. The summed E-state index contributed by atoms with van der Waals surface area (Å²) in [5, 5.41) is 3.24. The standard InChI is InChI=1S/C8H18N2S/c1-10-5-3-8(6-10)2-4-9-7-11/h8-9,11H,2-7H2,1H3. The van der Waals surface area contributed by atoms with Crippen LogP contribution in [0.1, 0.15) is 12.8 Å². The van der Waals surface area contributed by atoms with Gasteiger partial charge in [-0.3, -0.25) is 0 Å². The lowest BCUT2D eigenvalue weighted by atomic mass is 10.1. The molecule has 0 aromatic carbocycles. The molecular formula is C8H18N2S. The topological polar surface area (TPSA) is 15.3 Å². The molecule has 0 aromatic rings. The summed E-state index contributed by atoms with van der Waals surface area (Å²) in [4.78, 5) is 2.41. The van der Waals surface area contributed by atoms with Crippen molar-refractivity contribution in [1.29, 1.82) is 0 Å². The second kappa shape index (κ2) is 5.01. The lowest BCUT2D eigenvalue weighted by molar-refractivity contribution is 0.386. The molecule has 1 aliphatic rings. The minimum absolute atomic E-state index is 0.808. The SMILES string of the molecule is CN1CCC(CCNCS)C1. The van der Waals surface area contributed by atoms with Gasteiger partial charge in [0.25, 0.3) is 0 Å². The molecule has 1 fully saturated rings. The van der Waals surface area contributed by atoms with Crippen LogP contribution in [-0.2, 0) is 0 Å². The van der Waals surface area contributed by atoms with Crippen LogP contribution in [-0.4, -0.2) is 37.5 Å². The molecule has 0 saturated carbocycles. The summed E-state index contributed by atoms with van der Waals surface area (Å²) in [5.41, 5.74) is 0. The van der Waals surface area contributed by atoms with Crippen molar-refractivity contribution >= 4 is 12.6 Å². The zero-order valence-corrected chi connectivity index (χ0v) is 8.11. The first-order valence-corrected chi connectivity index (χ1v) is 4.96. The fourth-order valence-corrected chi connectivity index (χ4v) is 1.81. The molecule has 0 bridgehead atoms. The molecule has 1 atom stereocenters. The Labute approximate surface area is 74.8 Å². The molecule has 1 N–H and O–H groups in total. The van der Waals surface area contributed by atoms with Gasteiger partial charge in [-0.1, -0.05) is 0 Å². The third kappa shape index (κ3) is 3.45. The highest BCUT2D eigenvalue weighted by Gasteiger charge is 2.18. The molecule has 1 rings (SSSR count). The lowest BCUT2D eigenvalue weighted by Gasteiger charge is -2.09. The number of rotatable bonds is 4. The van der Waals surface area contributed by atoms with Crippen molar-refractivity contribution in [1.82, 2.24) is 10.2 Å². The Kier molecular flexibility index (Phi) is 4.26. The number of hydrogen-bond donors (Lipinski definition) is 2. The van der Waals surface area contributed by atoms with Crippen molar-refractivity contribution < 1.29 is 0 Å². The van der Waals surface area contributed by atoms with Gasteiger partial charge in [0.05, 0.1) is 0 Å². The molecular weight excluding hydrogens is 156 g/mol. The largest absolute Gasteiger partial charge is 0.308 e. The Morgan fingerprint density at radius 3 is 3.00 bits per heavy atom. The number of thiol groups is 1. The molecule has 0 aliphatic carbocycles. The monoisotopic (exact) mass is 174 g/mol. The van der Waals surface area contributed by atoms with Crippen molar-refractivity contribution in [3.05, 3.63) is 0 Å². The van der Waals surface area contributed by atoms with E-state index in [-0.39, 0.29) is 0 Å². The zero-order chi connectivity index (χ0) is 8.10. The van der Waals surface area contributed by atoms with Crippen molar-refractivity contribution in [2.24, 2.45) is 5.92 Å². The Morgan fingerprint density at radius 2 is 2.45 bits per heavy atom. The Hall–Kier alpha value is 0.270. The Balaban J connectivity index is 1.99. The first-order valence-electron chi connectivity index (χ1n) is 4.33. The molecule has 0 spiro atoms. The van der Waals surface area contributed by atoms with Crippen LogP contribution in [0.15, 0.2) is 0 Å². The van der Waals surface area contributed by atoms with Crippen molar-refractivity contribution in [3.8, 4) is 0 Å². The van der Waals surface area contributed by atoms with Crippen LogP contribution in [0.25, 0.3) is 0 Å². The van der Waals surface area contributed by atoms with Crippen LogP contribution < -0.4 is 5.32 Å². The number of nitrogens with zero attached hydrogens (tertiary/aromatic N) is 1. The van der Waals surface area contributed by atoms with Gasteiger partial charge in [-0.2, -0.15) is 12.6 Å². The maximum absolute atomic E-state index is 4.09. The second-order valence-corrected chi connectivity index (χ2v) is 3.68. The average molecular weight is 174 g/mol. The second-order valence-electron chi connectivity index (χ2n) is 3.36. The van der Waals surface area contributed by atoms with Crippen molar-refractivity contribution in [2.45, 2.75) is 12.8 Å². The zero-order valence-electron chi connectivity index (χ0n) is 7.21. The molecule has 2 nitrogen and oxygen atoms in total. The van der Waals surface area contributed by atoms with Crippen LogP contribution in [0.2, 0.25) is 0 Å². The summed E-state index contributed by atoms with van der Waals surface area (Å²) in [7, 11) is 2.20. The van der Waals surface area contributed by atoms with E-state index in [0.29, 0.717) is 0 Å². The number of hydrogen-bond acceptors (Lipinski definition) is 3. The fraction of sp³-hybridized carbons (Fsp3) is 1.00. The number of likely N-dealkylation sites (tertiary alicyclic amines) is 1. The maximum Gasteiger partial charge on any atom is 0.0387 e. The van der Waals surface area contributed by atoms with E-state index in [1.807, 2.05) is 0 Å². The third-order valence-corrected chi connectivity index (χ3v) is 2.55. The average Bonchev–Trinajstić information content (AvgIpc) is 2.37. The third-order valence-electron chi connectivity index (χ3n) is 2.33. The normalized spacial score (nSPS) is 26.2. The van der Waals surface area contributed by atoms with Gasteiger partial charge in [0, 0.05) is 12.4 Å². The molecule has 1 unspecified atom stereocenters. The minimum Gasteiger partial charge on any atom is -0.308 e.